The topological polar surface area (TPSA) is 83.0 Å². The van der Waals surface area contributed by atoms with E-state index >= 15 is 0 Å². The third-order valence-electron chi connectivity index (χ3n) is 4.60. The fourth-order valence-electron chi connectivity index (χ4n) is 2.77. The van der Waals surface area contributed by atoms with Crippen molar-refractivity contribution in [1.29, 1.82) is 0 Å². The lowest BCUT2D eigenvalue weighted by molar-refractivity contribution is 0.0931. The maximum atomic E-state index is 12.2. The Kier molecular flexibility index (Phi) is 9.97. The summed E-state index contributed by atoms with van der Waals surface area (Å²) in [6.07, 6.45) is 0. The van der Waals surface area contributed by atoms with E-state index in [2.05, 4.69) is 34.7 Å². The lowest BCUT2D eigenvalue weighted by Gasteiger charge is -2.16. The van der Waals surface area contributed by atoms with Gasteiger partial charge < -0.3 is 15.4 Å². The number of ether oxygens (including phenoxy) is 1. The van der Waals surface area contributed by atoms with Crippen molar-refractivity contribution in [2.45, 2.75) is 31.9 Å². The third kappa shape index (κ3) is 8.32. The summed E-state index contributed by atoms with van der Waals surface area (Å²) in [5.41, 5.74) is 2.11. The first-order valence-corrected chi connectivity index (χ1v) is 11.9. The van der Waals surface area contributed by atoms with Crippen molar-refractivity contribution in [3.8, 4) is 0 Å². The van der Waals surface area contributed by atoms with E-state index in [-0.39, 0.29) is 4.90 Å². The Hall–Kier alpha value is -2.42. The van der Waals surface area contributed by atoms with Gasteiger partial charge in [-0.2, -0.15) is 0 Å². The number of nitrogens with one attached hydrogen (secondary N) is 2. The summed E-state index contributed by atoms with van der Waals surface area (Å²) in [6.45, 7) is 7.36. The molecular weight excluding hydrogens is 412 g/mol. The minimum atomic E-state index is -3.42. The Balaban J connectivity index is 1.84. The molecule has 0 saturated carbocycles. The lowest BCUT2D eigenvalue weighted by atomic mass is 10.2. The SMILES string of the molecule is CCNC(=NCc1ccc(S(=O)(=O)N(C)C)cc1)NCC(C)COCc1ccccc1. The minimum absolute atomic E-state index is 0.277. The quantitative estimate of drug-likeness (QED) is 0.410. The van der Waals surface area contributed by atoms with E-state index in [1.807, 2.05) is 25.1 Å². The number of nitrogens with zero attached hydrogens (tertiary/aromatic N) is 2. The van der Waals surface area contributed by atoms with Crippen LogP contribution in [0.25, 0.3) is 0 Å². The molecule has 0 amide bonds. The number of aliphatic imine (C=N–C) groups is 1. The largest absolute Gasteiger partial charge is 0.376 e. The summed E-state index contributed by atoms with van der Waals surface area (Å²) < 4.78 is 31.3. The molecule has 0 radical (unpaired) electrons. The van der Waals surface area contributed by atoms with Gasteiger partial charge in [0.05, 0.1) is 24.7 Å². The molecule has 8 heteroatoms. The third-order valence-corrected chi connectivity index (χ3v) is 6.43. The van der Waals surface area contributed by atoms with Gasteiger partial charge in [0.1, 0.15) is 0 Å². The number of sulfonamides is 1. The molecular formula is C23H34N4O3S. The fourth-order valence-corrected chi connectivity index (χ4v) is 3.67. The van der Waals surface area contributed by atoms with Crippen molar-refractivity contribution in [2.24, 2.45) is 10.9 Å². The van der Waals surface area contributed by atoms with E-state index in [4.69, 9.17) is 4.74 Å². The van der Waals surface area contributed by atoms with Crippen LogP contribution in [0.15, 0.2) is 64.5 Å². The van der Waals surface area contributed by atoms with Gasteiger partial charge in [-0.1, -0.05) is 49.4 Å². The maximum Gasteiger partial charge on any atom is 0.242 e. The Morgan fingerprint density at radius 3 is 2.32 bits per heavy atom. The van der Waals surface area contributed by atoms with Crippen molar-refractivity contribution >= 4 is 16.0 Å². The normalized spacial score (nSPS) is 13.3. The van der Waals surface area contributed by atoms with E-state index < -0.39 is 10.0 Å². The van der Waals surface area contributed by atoms with Gasteiger partial charge in [-0.15, -0.1) is 0 Å². The van der Waals surface area contributed by atoms with Crippen LogP contribution in [0.5, 0.6) is 0 Å². The first kappa shape index (κ1) is 24.8. The highest BCUT2D eigenvalue weighted by Crippen LogP contribution is 2.14. The molecule has 0 bridgehead atoms. The van der Waals surface area contributed by atoms with Gasteiger partial charge in [0.25, 0.3) is 0 Å². The highest BCUT2D eigenvalue weighted by atomic mass is 32.2. The van der Waals surface area contributed by atoms with Crippen LogP contribution in [0.4, 0.5) is 0 Å². The average molecular weight is 447 g/mol. The highest BCUT2D eigenvalue weighted by molar-refractivity contribution is 7.89. The van der Waals surface area contributed by atoms with Crippen LogP contribution in [0, 0.1) is 5.92 Å². The highest BCUT2D eigenvalue weighted by Gasteiger charge is 2.16. The Morgan fingerprint density at radius 1 is 1.03 bits per heavy atom. The zero-order chi connectivity index (χ0) is 22.7. The monoisotopic (exact) mass is 446 g/mol. The Morgan fingerprint density at radius 2 is 1.71 bits per heavy atom. The van der Waals surface area contributed by atoms with E-state index in [0.717, 1.165) is 24.6 Å². The second-order valence-electron chi connectivity index (χ2n) is 7.61. The molecule has 0 heterocycles. The molecule has 2 aromatic carbocycles. The molecule has 0 aliphatic rings. The Bertz CT molecular complexity index is 914. The summed E-state index contributed by atoms with van der Waals surface area (Å²) in [5.74, 6) is 1.05. The first-order chi connectivity index (χ1) is 14.8. The first-order valence-electron chi connectivity index (χ1n) is 10.5. The molecule has 1 atom stereocenters. The van der Waals surface area contributed by atoms with Crippen molar-refractivity contribution in [1.82, 2.24) is 14.9 Å². The van der Waals surface area contributed by atoms with Gasteiger partial charge in [-0.25, -0.2) is 17.7 Å². The van der Waals surface area contributed by atoms with Crippen molar-refractivity contribution in [3.05, 3.63) is 65.7 Å². The fraction of sp³-hybridized carbons (Fsp3) is 0.435. The molecule has 0 saturated heterocycles. The second-order valence-corrected chi connectivity index (χ2v) is 9.77. The van der Waals surface area contributed by atoms with Crippen LogP contribution in [0.3, 0.4) is 0 Å². The zero-order valence-corrected chi connectivity index (χ0v) is 19.7. The van der Waals surface area contributed by atoms with Gasteiger partial charge in [0, 0.05) is 27.2 Å². The van der Waals surface area contributed by atoms with E-state index in [1.165, 1.54) is 24.0 Å². The molecule has 1 unspecified atom stereocenters. The van der Waals surface area contributed by atoms with Crippen molar-refractivity contribution in [2.75, 3.05) is 33.8 Å². The summed E-state index contributed by atoms with van der Waals surface area (Å²) in [4.78, 5) is 4.88. The standard InChI is InChI=1S/C23H34N4O3S/c1-5-24-23(25-15-19(2)17-30-18-21-9-7-6-8-10-21)26-16-20-11-13-22(14-12-20)31(28,29)27(3)4/h6-14,19H,5,15-18H2,1-4H3,(H2,24,25,26). The van der Waals surface area contributed by atoms with E-state index in [1.54, 1.807) is 24.3 Å². The van der Waals surface area contributed by atoms with Crippen LogP contribution in [0.1, 0.15) is 25.0 Å². The summed E-state index contributed by atoms with van der Waals surface area (Å²) >= 11 is 0. The van der Waals surface area contributed by atoms with Crippen molar-refractivity contribution < 1.29 is 13.2 Å². The lowest BCUT2D eigenvalue weighted by Crippen LogP contribution is -2.40. The second kappa shape index (κ2) is 12.4. The Labute approximate surface area is 186 Å². The number of benzene rings is 2. The molecule has 0 fully saturated rings. The van der Waals surface area contributed by atoms with Gasteiger partial charge in [0.2, 0.25) is 10.0 Å². The molecule has 2 aromatic rings. The summed E-state index contributed by atoms with van der Waals surface area (Å²) in [7, 11) is -0.369. The van der Waals surface area contributed by atoms with Gasteiger partial charge in [-0.05, 0) is 36.1 Å². The molecule has 170 valence electrons. The van der Waals surface area contributed by atoms with Crippen LogP contribution in [-0.2, 0) is 27.9 Å². The van der Waals surface area contributed by atoms with E-state index in [9.17, 15) is 8.42 Å². The number of hydrogen-bond donors (Lipinski definition) is 2. The molecule has 0 aliphatic heterocycles. The van der Waals surface area contributed by atoms with Gasteiger partial charge in [-0.3, -0.25) is 0 Å². The van der Waals surface area contributed by atoms with Gasteiger partial charge in [0.15, 0.2) is 5.96 Å². The summed E-state index contributed by atoms with van der Waals surface area (Å²) in [6, 6.07) is 17.0. The van der Waals surface area contributed by atoms with Crippen molar-refractivity contribution in [3.63, 3.8) is 0 Å². The molecule has 2 N–H and O–H groups in total. The molecule has 0 spiro atoms. The van der Waals surface area contributed by atoms with Crippen LogP contribution in [-0.4, -0.2) is 52.5 Å². The molecule has 0 aromatic heterocycles. The smallest absolute Gasteiger partial charge is 0.242 e. The average Bonchev–Trinajstić information content (AvgIpc) is 2.76. The van der Waals surface area contributed by atoms with Crippen LogP contribution >= 0.6 is 0 Å². The predicted molar refractivity (Wildman–Crippen MR) is 125 cm³/mol. The predicted octanol–water partition coefficient (Wildman–Crippen LogP) is 2.84. The van der Waals surface area contributed by atoms with Gasteiger partial charge >= 0.3 is 0 Å². The summed E-state index contributed by atoms with van der Waals surface area (Å²) in [5, 5.41) is 6.58. The zero-order valence-electron chi connectivity index (χ0n) is 18.8. The molecule has 31 heavy (non-hydrogen) atoms. The maximum absolute atomic E-state index is 12.2. The molecule has 2 rings (SSSR count). The van der Waals surface area contributed by atoms with E-state index in [0.29, 0.717) is 25.7 Å². The number of hydrogen-bond acceptors (Lipinski definition) is 4. The number of rotatable bonds is 11. The number of guanidine groups is 1. The minimum Gasteiger partial charge on any atom is -0.376 e. The molecule has 0 aliphatic carbocycles. The molecule has 7 nitrogen and oxygen atoms in total. The van der Waals surface area contributed by atoms with Crippen LogP contribution < -0.4 is 10.6 Å². The van der Waals surface area contributed by atoms with Crippen LogP contribution in [0.2, 0.25) is 0 Å².